The van der Waals surface area contributed by atoms with Gasteiger partial charge in [0.2, 0.25) is 5.91 Å². The van der Waals surface area contributed by atoms with Gasteiger partial charge in [0.15, 0.2) is 0 Å². The normalized spacial score (nSPS) is 12.7. The van der Waals surface area contributed by atoms with E-state index in [4.69, 9.17) is 4.74 Å². The summed E-state index contributed by atoms with van der Waals surface area (Å²) in [7, 11) is -1.81. The second-order valence-corrected chi connectivity index (χ2v) is 6.43. The van der Waals surface area contributed by atoms with Gasteiger partial charge in [-0.2, -0.15) is 0 Å². The molecule has 10 heteroatoms. The molecule has 1 heterocycles. The topological polar surface area (TPSA) is 134 Å². The highest BCUT2D eigenvalue weighted by Gasteiger charge is 2.29. The van der Waals surface area contributed by atoms with Gasteiger partial charge in [0.25, 0.3) is 5.91 Å². The van der Waals surface area contributed by atoms with Crippen LogP contribution >= 0.6 is 0 Å². The maximum absolute atomic E-state index is 12.6. The highest BCUT2D eigenvalue weighted by atomic mass is 16.5. The zero-order valence-corrected chi connectivity index (χ0v) is 16.2. The Kier molecular flexibility index (Phi) is 9.22. The van der Waals surface area contributed by atoms with Gasteiger partial charge in [0.1, 0.15) is 11.7 Å². The quantitative estimate of drug-likeness (QED) is 0.393. The van der Waals surface area contributed by atoms with Crippen LogP contribution in [-0.2, 0) is 16.1 Å². The Morgan fingerprint density at radius 3 is 2.55 bits per heavy atom. The zero-order chi connectivity index (χ0) is 21.1. The highest BCUT2D eigenvalue weighted by Crippen LogP contribution is 2.04. The molecule has 4 N–H and O–H groups in total. The number of benzene rings is 1. The van der Waals surface area contributed by atoms with E-state index in [0.717, 1.165) is 5.56 Å². The van der Waals surface area contributed by atoms with Crippen molar-refractivity contribution in [1.29, 1.82) is 0 Å². The van der Waals surface area contributed by atoms with Crippen molar-refractivity contribution in [1.82, 2.24) is 20.6 Å². The first-order valence-electron chi connectivity index (χ1n) is 9.36. The van der Waals surface area contributed by atoms with Gasteiger partial charge < -0.3 is 25.4 Å². The van der Waals surface area contributed by atoms with Crippen LogP contribution in [-0.4, -0.2) is 57.5 Å². The molecule has 0 saturated heterocycles. The van der Waals surface area contributed by atoms with Gasteiger partial charge in [-0.25, -0.2) is 4.98 Å². The van der Waals surface area contributed by atoms with Crippen LogP contribution in [0, 0.1) is 0 Å². The first-order valence-corrected chi connectivity index (χ1v) is 9.36. The van der Waals surface area contributed by atoms with Crippen molar-refractivity contribution in [2.24, 2.45) is 0 Å². The van der Waals surface area contributed by atoms with Crippen molar-refractivity contribution >= 4 is 18.9 Å². The second-order valence-electron chi connectivity index (χ2n) is 6.43. The summed E-state index contributed by atoms with van der Waals surface area (Å²) >= 11 is 0. The van der Waals surface area contributed by atoms with Crippen LogP contribution in [0.5, 0.6) is 0 Å². The molecule has 154 valence electrons. The van der Waals surface area contributed by atoms with Crippen molar-refractivity contribution in [2.45, 2.75) is 38.4 Å². The van der Waals surface area contributed by atoms with E-state index >= 15 is 0 Å². The van der Waals surface area contributed by atoms with Crippen molar-refractivity contribution in [3.05, 3.63) is 60.2 Å². The second kappa shape index (κ2) is 11.9. The molecule has 0 radical (unpaired) electrons. The Hall–Kier alpha value is -2.82. The lowest BCUT2D eigenvalue weighted by molar-refractivity contribution is -0.124. The predicted octanol–water partition coefficient (Wildman–Crippen LogP) is 0.0887. The summed E-state index contributed by atoms with van der Waals surface area (Å²) < 4.78 is 5.49. The summed E-state index contributed by atoms with van der Waals surface area (Å²) in [6.45, 7) is 2.03. The van der Waals surface area contributed by atoms with E-state index in [2.05, 4.69) is 20.6 Å². The molecule has 1 aromatic carbocycles. The number of aromatic nitrogens is 2. The lowest BCUT2D eigenvalue weighted by Crippen LogP contribution is -2.55. The summed E-state index contributed by atoms with van der Waals surface area (Å²) in [5.41, 5.74) is 1.01. The average molecular weight is 400 g/mol. The van der Waals surface area contributed by atoms with Gasteiger partial charge in [-0.3, -0.25) is 14.6 Å². The average Bonchev–Trinajstić information content (AvgIpc) is 2.73. The number of nitrogens with zero attached hydrogens (tertiary/aromatic N) is 2. The molecule has 0 spiro atoms. The molecule has 0 aliphatic carbocycles. The molecule has 2 amide bonds. The van der Waals surface area contributed by atoms with Crippen molar-refractivity contribution < 1.29 is 24.4 Å². The predicted molar refractivity (Wildman–Crippen MR) is 106 cm³/mol. The first kappa shape index (κ1) is 22.5. The molecular weight excluding hydrogens is 375 g/mol. The fourth-order valence-electron chi connectivity index (χ4n) is 2.57. The zero-order valence-electron chi connectivity index (χ0n) is 16.2. The van der Waals surface area contributed by atoms with Crippen LogP contribution in [0.25, 0.3) is 0 Å². The lowest BCUT2D eigenvalue weighted by atomic mass is 9.80. The van der Waals surface area contributed by atoms with Gasteiger partial charge in [0.05, 0.1) is 25.4 Å². The molecule has 0 aliphatic rings. The van der Waals surface area contributed by atoms with Gasteiger partial charge in [-0.05, 0) is 12.0 Å². The van der Waals surface area contributed by atoms with E-state index in [1.807, 2.05) is 37.3 Å². The minimum Gasteiger partial charge on any atom is -0.426 e. The van der Waals surface area contributed by atoms with Gasteiger partial charge >= 0.3 is 7.12 Å². The highest BCUT2D eigenvalue weighted by molar-refractivity contribution is 6.43. The number of carbonyl (C=O) groups is 2. The van der Waals surface area contributed by atoms with Crippen LogP contribution in [0.15, 0.2) is 48.9 Å². The summed E-state index contributed by atoms with van der Waals surface area (Å²) in [5.74, 6) is -2.11. The molecule has 0 aliphatic heterocycles. The standard InChI is InChI=1S/C19H25BN4O5/c1-2-6-15(23-19(26)16-11-21-9-10-22-16)18(25)24-17(20(27)28)13-29-12-14-7-4-3-5-8-14/h3-5,7-11,15,17,27-28H,2,6,12-13H2,1H3,(H,23,26)(H,24,25)/t15?,17-/m0/s1. The molecule has 0 bridgehead atoms. The van der Waals surface area contributed by atoms with E-state index in [-0.39, 0.29) is 18.9 Å². The third-order valence-electron chi connectivity index (χ3n) is 4.09. The Labute approximate surface area is 169 Å². The maximum Gasteiger partial charge on any atom is 0.477 e. The number of ether oxygens (including phenoxy) is 1. The largest absolute Gasteiger partial charge is 0.477 e. The van der Waals surface area contributed by atoms with E-state index in [9.17, 15) is 19.6 Å². The molecule has 1 aromatic heterocycles. The van der Waals surface area contributed by atoms with Gasteiger partial charge in [-0.15, -0.1) is 0 Å². The van der Waals surface area contributed by atoms with Crippen molar-refractivity contribution in [2.75, 3.05) is 6.61 Å². The van der Waals surface area contributed by atoms with Crippen LogP contribution in [0.4, 0.5) is 0 Å². The molecule has 0 saturated carbocycles. The number of rotatable bonds is 11. The Bertz CT molecular complexity index is 764. The third-order valence-corrected chi connectivity index (χ3v) is 4.09. The molecule has 9 nitrogen and oxygen atoms in total. The van der Waals surface area contributed by atoms with Crippen molar-refractivity contribution in [3.63, 3.8) is 0 Å². The summed E-state index contributed by atoms with van der Waals surface area (Å²) in [5, 5.41) is 24.3. The molecule has 1 unspecified atom stereocenters. The number of hydrogen-bond acceptors (Lipinski definition) is 7. The summed E-state index contributed by atoms with van der Waals surface area (Å²) in [6.07, 6.45) is 5.13. The number of hydrogen-bond donors (Lipinski definition) is 4. The van der Waals surface area contributed by atoms with Gasteiger partial charge in [-0.1, -0.05) is 43.7 Å². The molecule has 0 fully saturated rings. The molecular formula is C19H25BN4O5. The minimum atomic E-state index is -1.81. The Morgan fingerprint density at radius 1 is 1.17 bits per heavy atom. The minimum absolute atomic E-state index is 0.0892. The maximum atomic E-state index is 12.6. The summed E-state index contributed by atoms with van der Waals surface area (Å²) in [6, 6.07) is 8.52. The SMILES string of the molecule is CCCC(NC(=O)c1cnccn1)C(=O)N[C@@H](COCc1ccccc1)B(O)O. The number of nitrogens with one attached hydrogen (secondary N) is 2. The lowest BCUT2D eigenvalue weighted by Gasteiger charge is -2.22. The van der Waals surface area contributed by atoms with E-state index in [0.29, 0.717) is 12.8 Å². The van der Waals surface area contributed by atoms with E-state index in [1.165, 1.54) is 18.6 Å². The van der Waals surface area contributed by atoms with Crippen LogP contribution in [0.2, 0.25) is 0 Å². The molecule has 2 atom stereocenters. The van der Waals surface area contributed by atoms with Crippen LogP contribution < -0.4 is 10.6 Å². The fourth-order valence-corrected chi connectivity index (χ4v) is 2.57. The van der Waals surface area contributed by atoms with Crippen molar-refractivity contribution in [3.8, 4) is 0 Å². The smallest absolute Gasteiger partial charge is 0.426 e. The molecule has 2 aromatic rings. The Balaban J connectivity index is 1.92. The monoisotopic (exact) mass is 400 g/mol. The first-order chi connectivity index (χ1) is 14.0. The fraction of sp³-hybridized carbons (Fsp3) is 0.368. The van der Waals surface area contributed by atoms with Gasteiger partial charge in [0, 0.05) is 12.4 Å². The number of amides is 2. The van der Waals surface area contributed by atoms with Crippen LogP contribution in [0.3, 0.4) is 0 Å². The van der Waals surface area contributed by atoms with E-state index in [1.54, 1.807) is 0 Å². The molecule has 2 rings (SSSR count). The summed E-state index contributed by atoms with van der Waals surface area (Å²) in [4.78, 5) is 32.6. The Morgan fingerprint density at radius 2 is 1.93 bits per heavy atom. The van der Waals surface area contributed by atoms with E-state index < -0.39 is 30.9 Å². The third kappa shape index (κ3) is 7.61. The molecule has 29 heavy (non-hydrogen) atoms. The van der Waals surface area contributed by atoms with Crippen LogP contribution in [0.1, 0.15) is 35.8 Å². The number of carbonyl (C=O) groups excluding carboxylic acids is 2.